The lowest BCUT2D eigenvalue weighted by Crippen LogP contribution is -2.41. The molecular formula is C24H31BO6. The van der Waals surface area contributed by atoms with Gasteiger partial charge in [-0.25, -0.2) is 0 Å². The molecule has 6 nitrogen and oxygen atoms in total. The Labute approximate surface area is 184 Å². The summed E-state index contributed by atoms with van der Waals surface area (Å²) in [7, 11) is -0.515. The number of hydrogen-bond acceptors (Lipinski definition) is 5. The number of aliphatic carboxylic acids is 1. The summed E-state index contributed by atoms with van der Waals surface area (Å²) < 4.78 is 24.3. The standard InChI is InChI=1S/C24H31BO6/c1-16(2)29-20-12-17(15-28-21-10-8-7-9-18(21)13-22(26)27)11-19(14-20)25-30-23(3,4)24(5,6)31-25/h7-12,14,16H,13,15H2,1-6H3,(H,26,27). The summed E-state index contributed by atoms with van der Waals surface area (Å²) in [5.41, 5.74) is 1.48. The van der Waals surface area contributed by atoms with E-state index in [0.717, 1.165) is 11.0 Å². The molecular weight excluding hydrogens is 395 g/mol. The first-order valence-electron chi connectivity index (χ1n) is 10.6. The smallest absolute Gasteiger partial charge is 0.491 e. The minimum Gasteiger partial charge on any atom is -0.491 e. The van der Waals surface area contributed by atoms with Gasteiger partial charge in [-0.2, -0.15) is 0 Å². The van der Waals surface area contributed by atoms with Gasteiger partial charge in [-0.1, -0.05) is 24.3 Å². The molecule has 1 fully saturated rings. The zero-order valence-electron chi connectivity index (χ0n) is 19.1. The fourth-order valence-electron chi connectivity index (χ4n) is 3.34. The largest absolute Gasteiger partial charge is 0.494 e. The van der Waals surface area contributed by atoms with Gasteiger partial charge in [0.25, 0.3) is 0 Å². The summed E-state index contributed by atoms with van der Waals surface area (Å²) in [6.07, 6.45) is -0.0788. The predicted molar refractivity (Wildman–Crippen MR) is 120 cm³/mol. The molecule has 1 N–H and O–H groups in total. The molecule has 166 valence electrons. The molecule has 1 heterocycles. The summed E-state index contributed by atoms with van der Waals surface area (Å²) in [5.74, 6) is 0.364. The van der Waals surface area contributed by atoms with Crippen LogP contribution in [0.3, 0.4) is 0 Å². The van der Waals surface area contributed by atoms with E-state index < -0.39 is 24.3 Å². The van der Waals surface area contributed by atoms with Gasteiger partial charge in [0.15, 0.2) is 0 Å². The van der Waals surface area contributed by atoms with Crippen LogP contribution >= 0.6 is 0 Å². The summed E-state index contributed by atoms with van der Waals surface area (Å²) in [6, 6.07) is 13.0. The molecule has 1 aliphatic heterocycles. The molecule has 3 rings (SSSR count). The summed E-state index contributed by atoms with van der Waals surface area (Å²) in [4.78, 5) is 11.1. The molecule has 0 atom stereocenters. The van der Waals surface area contributed by atoms with Crippen LogP contribution in [0.5, 0.6) is 11.5 Å². The quantitative estimate of drug-likeness (QED) is 0.644. The zero-order chi connectivity index (χ0) is 22.8. The number of carbonyl (C=O) groups is 1. The van der Waals surface area contributed by atoms with Crippen molar-refractivity contribution in [2.75, 3.05) is 0 Å². The molecule has 0 saturated carbocycles. The van der Waals surface area contributed by atoms with Gasteiger partial charge in [0.2, 0.25) is 0 Å². The molecule has 0 bridgehead atoms. The lowest BCUT2D eigenvalue weighted by atomic mass is 9.78. The molecule has 2 aromatic rings. The SMILES string of the molecule is CC(C)Oc1cc(COc2ccccc2CC(=O)O)cc(B2OC(C)(C)C(C)(C)O2)c1. The van der Waals surface area contributed by atoms with Crippen LogP contribution in [0.1, 0.15) is 52.7 Å². The number of carboxylic acid groups (broad SMARTS) is 1. The molecule has 0 spiro atoms. The summed E-state index contributed by atoms with van der Waals surface area (Å²) in [5, 5.41) is 9.14. The van der Waals surface area contributed by atoms with E-state index in [0.29, 0.717) is 17.1 Å². The summed E-state index contributed by atoms with van der Waals surface area (Å²) >= 11 is 0. The van der Waals surface area contributed by atoms with Crippen LogP contribution in [-0.4, -0.2) is 35.5 Å². The van der Waals surface area contributed by atoms with Crippen LogP contribution in [0.4, 0.5) is 0 Å². The maximum atomic E-state index is 11.1. The zero-order valence-corrected chi connectivity index (χ0v) is 19.1. The molecule has 0 aliphatic carbocycles. The predicted octanol–water partition coefficient (Wildman–Crippen LogP) is 3.98. The Bertz CT molecular complexity index is 921. The van der Waals surface area contributed by atoms with Crippen LogP contribution in [0.15, 0.2) is 42.5 Å². The minimum absolute atomic E-state index is 0.0126. The average molecular weight is 426 g/mol. The highest BCUT2D eigenvalue weighted by Crippen LogP contribution is 2.36. The second-order valence-electron chi connectivity index (χ2n) is 9.13. The van der Waals surface area contributed by atoms with E-state index in [4.69, 9.17) is 23.9 Å². The Kier molecular flexibility index (Phi) is 6.67. The molecule has 31 heavy (non-hydrogen) atoms. The monoisotopic (exact) mass is 426 g/mol. The van der Waals surface area contributed by atoms with Crippen molar-refractivity contribution in [3.8, 4) is 11.5 Å². The fourth-order valence-corrected chi connectivity index (χ4v) is 3.34. The Balaban J connectivity index is 1.86. The molecule has 0 aromatic heterocycles. The van der Waals surface area contributed by atoms with E-state index in [1.54, 1.807) is 18.2 Å². The molecule has 0 radical (unpaired) electrons. The third-order valence-electron chi connectivity index (χ3n) is 5.59. The van der Waals surface area contributed by atoms with Crippen LogP contribution in [0, 0.1) is 0 Å². The van der Waals surface area contributed by atoms with E-state index in [2.05, 4.69) is 0 Å². The number of carboxylic acids is 1. The molecule has 1 saturated heterocycles. The first kappa shape index (κ1) is 23.2. The Hall–Kier alpha value is -2.51. The van der Waals surface area contributed by atoms with Gasteiger partial charge in [-0.3, -0.25) is 4.79 Å². The highest BCUT2D eigenvalue weighted by Gasteiger charge is 2.51. The lowest BCUT2D eigenvalue weighted by molar-refractivity contribution is -0.136. The maximum Gasteiger partial charge on any atom is 0.494 e. The molecule has 0 unspecified atom stereocenters. The first-order chi connectivity index (χ1) is 14.5. The highest BCUT2D eigenvalue weighted by molar-refractivity contribution is 6.62. The Morgan fingerprint density at radius 2 is 1.71 bits per heavy atom. The second-order valence-corrected chi connectivity index (χ2v) is 9.13. The van der Waals surface area contributed by atoms with Crippen molar-refractivity contribution in [2.24, 2.45) is 0 Å². The van der Waals surface area contributed by atoms with Crippen LogP contribution < -0.4 is 14.9 Å². The van der Waals surface area contributed by atoms with E-state index in [1.807, 2.05) is 65.8 Å². The second kappa shape index (κ2) is 8.93. The maximum absolute atomic E-state index is 11.1. The van der Waals surface area contributed by atoms with E-state index in [1.165, 1.54) is 0 Å². The molecule has 1 aliphatic rings. The van der Waals surface area contributed by atoms with Gasteiger partial charge in [-0.05, 0) is 70.8 Å². The Morgan fingerprint density at radius 3 is 2.32 bits per heavy atom. The van der Waals surface area contributed by atoms with Gasteiger partial charge in [0, 0.05) is 5.56 Å². The third-order valence-corrected chi connectivity index (χ3v) is 5.59. The van der Waals surface area contributed by atoms with Crippen molar-refractivity contribution < 1.29 is 28.7 Å². The third kappa shape index (κ3) is 5.60. The topological polar surface area (TPSA) is 74.2 Å². The van der Waals surface area contributed by atoms with Crippen molar-refractivity contribution in [1.29, 1.82) is 0 Å². The van der Waals surface area contributed by atoms with Crippen molar-refractivity contribution in [3.05, 3.63) is 53.6 Å². The van der Waals surface area contributed by atoms with Crippen molar-refractivity contribution in [2.45, 2.75) is 71.9 Å². The number of rotatable bonds is 8. The van der Waals surface area contributed by atoms with E-state index in [-0.39, 0.29) is 19.1 Å². The fraction of sp³-hybridized carbons (Fsp3) is 0.458. The van der Waals surface area contributed by atoms with Crippen LogP contribution in [0.25, 0.3) is 0 Å². The molecule has 2 aromatic carbocycles. The highest BCUT2D eigenvalue weighted by atomic mass is 16.7. The minimum atomic E-state index is -0.897. The summed E-state index contributed by atoms with van der Waals surface area (Å²) in [6.45, 7) is 12.3. The number of hydrogen-bond donors (Lipinski definition) is 1. The van der Waals surface area contributed by atoms with Crippen molar-refractivity contribution in [3.63, 3.8) is 0 Å². The average Bonchev–Trinajstić information content (AvgIpc) is 2.87. The molecule has 0 amide bonds. The van der Waals surface area contributed by atoms with E-state index in [9.17, 15) is 4.79 Å². The Morgan fingerprint density at radius 1 is 1.06 bits per heavy atom. The number of para-hydroxylation sites is 1. The number of benzene rings is 2. The van der Waals surface area contributed by atoms with Crippen LogP contribution in [-0.2, 0) is 27.1 Å². The first-order valence-corrected chi connectivity index (χ1v) is 10.6. The van der Waals surface area contributed by atoms with Crippen LogP contribution in [0.2, 0.25) is 0 Å². The van der Waals surface area contributed by atoms with E-state index >= 15 is 0 Å². The van der Waals surface area contributed by atoms with Gasteiger partial charge < -0.3 is 23.9 Å². The number of ether oxygens (including phenoxy) is 2. The van der Waals surface area contributed by atoms with Gasteiger partial charge in [0.1, 0.15) is 18.1 Å². The van der Waals surface area contributed by atoms with Gasteiger partial charge in [-0.15, -0.1) is 0 Å². The van der Waals surface area contributed by atoms with Crippen molar-refractivity contribution >= 4 is 18.6 Å². The van der Waals surface area contributed by atoms with Crippen molar-refractivity contribution in [1.82, 2.24) is 0 Å². The van der Waals surface area contributed by atoms with Gasteiger partial charge in [0.05, 0.1) is 23.7 Å². The molecule has 7 heteroatoms. The lowest BCUT2D eigenvalue weighted by Gasteiger charge is -2.32. The normalized spacial score (nSPS) is 17.1. The van der Waals surface area contributed by atoms with Gasteiger partial charge >= 0.3 is 13.1 Å².